The van der Waals surface area contributed by atoms with E-state index >= 15 is 0 Å². The molecule has 1 heterocycles. The van der Waals surface area contributed by atoms with Crippen molar-refractivity contribution in [1.29, 1.82) is 0 Å². The number of halogens is 1. The highest BCUT2D eigenvalue weighted by atomic mass is 79.9. The van der Waals surface area contributed by atoms with E-state index in [0.717, 1.165) is 11.3 Å². The van der Waals surface area contributed by atoms with Gasteiger partial charge >= 0.3 is 0 Å². The molecule has 0 spiro atoms. The Morgan fingerprint density at radius 3 is 2.63 bits per heavy atom. The van der Waals surface area contributed by atoms with Gasteiger partial charge in [0.25, 0.3) is 0 Å². The van der Waals surface area contributed by atoms with E-state index in [1.54, 1.807) is 6.07 Å². The number of hydrogen-bond donors (Lipinski definition) is 0. The van der Waals surface area contributed by atoms with Crippen molar-refractivity contribution >= 4 is 15.9 Å². The van der Waals surface area contributed by atoms with Gasteiger partial charge < -0.3 is 9.47 Å². The third-order valence-corrected chi connectivity index (χ3v) is 2.79. The minimum atomic E-state index is 0.127. The minimum absolute atomic E-state index is 0.127. The maximum absolute atomic E-state index is 5.73. The van der Waals surface area contributed by atoms with Gasteiger partial charge in [-0.25, -0.2) is 9.97 Å². The molecule has 0 amide bonds. The van der Waals surface area contributed by atoms with Gasteiger partial charge in [-0.2, -0.15) is 0 Å². The molecule has 0 radical (unpaired) electrons. The molecule has 5 heteroatoms. The molecule has 1 aromatic heterocycles. The summed E-state index contributed by atoms with van der Waals surface area (Å²) in [5, 5.41) is 0. The molecule has 0 N–H and O–H groups in total. The zero-order chi connectivity index (χ0) is 13.8. The average molecular weight is 323 g/mol. The van der Waals surface area contributed by atoms with Crippen molar-refractivity contribution in [3.8, 4) is 17.4 Å². The van der Waals surface area contributed by atoms with Gasteiger partial charge in [0.15, 0.2) is 0 Å². The quantitative estimate of drug-likeness (QED) is 0.794. The Labute approximate surface area is 120 Å². The Balaban J connectivity index is 2.21. The largest absolute Gasteiger partial charge is 0.491 e. The molecular formula is C14H15BrN2O2. The molecule has 2 rings (SSSR count). The SMILES string of the molecule is Cc1ccc(Oc2cc(Br)ncn2)cc1OC(C)C. The van der Waals surface area contributed by atoms with E-state index in [-0.39, 0.29) is 6.10 Å². The second kappa shape index (κ2) is 6.02. The predicted octanol–water partition coefficient (Wildman–Crippen LogP) is 4.13. The van der Waals surface area contributed by atoms with E-state index in [0.29, 0.717) is 16.2 Å². The predicted molar refractivity (Wildman–Crippen MR) is 76.7 cm³/mol. The molecule has 100 valence electrons. The lowest BCUT2D eigenvalue weighted by molar-refractivity contribution is 0.240. The van der Waals surface area contributed by atoms with E-state index in [4.69, 9.17) is 9.47 Å². The summed E-state index contributed by atoms with van der Waals surface area (Å²) < 4.78 is 12.1. The van der Waals surface area contributed by atoms with Gasteiger partial charge in [-0.05, 0) is 48.3 Å². The maximum Gasteiger partial charge on any atom is 0.223 e. The number of benzene rings is 1. The summed E-state index contributed by atoms with van der Waals surface area (Å²) in [5.41, 5.74) is 1.07. The molecule has 19 heavy (non-hydrogen) atoms. The highest BCUT2D eigenvalue weighted by Crippen LogP contribution is 2.28. The molecule has 0 aliphatic heterocycles. The summed E-state index contributed by atoms with van der Waals surface area (Å²) in [4.78, 5) is 8.00. The van der Waals surface area contributed by atoms with Gasteiger partial charge in [0, 0.05) is 12.1 Å². The molecule has 1 aromatic carbocycles. The zero-order valence-corrected chi connectivity index (χ0v) is 12.6. The highest BCUT2D eigenvalue weighted by Gasteiger charge is 2.06. The van der Waals surface area contributed by atoms with Crippen LogP contribution in [0.25, 0.3) is 0 Å². The van der Waals surface area contributed by atoms with Gasteiger partial charge in [0.2, 0.25) is 5.88 Å². The molecule has 0 saturated carbocycles. The Kier molecular flexibility index (Phi) is 4.37. The Morgan fingerprint density at radius 2 is 1.95 bits per heavy atom. The van der Waals surface area contributed by atoms with Crippen molar-refractivity contribution in [2.75, 3.05) is 0 Å². The van der Waals surface area contributed by atoms with Gasteiger partial charge in [-0.15, -0.1) is 0 Å². The first-order valence-corrected chi connectivity index (χ1v) is 6.76. The van der Waals surface area contributed by atoms with Crippen LogP contribution < -0.4 is 9.47 Å². The second-order valence-electron chi connectivity index (χ2n) is 4.37. The molecule has 0 aliphatic rings. The number of ether oxygens (including phenoxy) is 2. The second-order valence-corrected chi connectivity index (χ2v) is 5.19. The first kappa shape index (κ1) is 13.8. The minimum Gasteiger partial charge on any atom is -0.491 e. The molecular weight excluding hydrogens is 308 g/mol. The standard InChI is InChI=1S/C14H15BrN2O2/c1-9(2)18-12-6-11(5-4-10(12)3)19-14-7-13(15)16-8-17-14/h4-9H,1-3H3. The lowest BCUT2D eigenvalue weighted by Crippen LogP contribution is -2.06. The number of nitrogens with zero attached hydrogens (tertiary/aromatic N) is 2. The first-order chi connectivity index (χ1) is 9.04. The van der Waals surface area contributed by atoms with Crippen molar-refractivity contribution in [1.82, 2.24) is 9.97 Å². The molecule has 2 aromatic rings. The third-order valence-electron chi connectivity index (χ3n) is 2.35. The van der Waals surface area contributed by atoms with Gasteiger partial charge in [0.05, 0.1) is 6.10 Å². The van der Waals surface area contributed by atoms with E-state index in [1.165, 1.54) is 6.33 Å². The lowest BCUT2D eigenvalue weighted by atomic mass is 10.2. The Hall–Kier alpha value is -1.62. The van der Waals surface area contributed by atoms with Crippen LogP contribution in [-0.4, -0.2) is 16.1 Å². The summed E-state index contributed by atoms with van der Waals surface area (Å²) in [6, 6.07) is 7.43. The van der Waals surface area contributed by atoms with Crippen LogP contribution in [0.4, 0.5) is 0 Å². The van der Waals surface area contributed by atoms with Gasteiger partial charge in [-0.1, -0.05) is 6.07 Å². The van der Waals surface area contributed by atoms with Crippen molar-refractivity contribution in [3.63, 3.8) is 0 Å². The Bertz CT molecular complexity index is 573. The number of hydrogen-bond acceptors (Lipinski definition) is 4. The third kappa shape index (κ3) is 3.92. The van der Waals surface area contributed by atoms with Crippen molar-refractivity contribution in [2.24, 2.45) is 0 Å². The zero-order valence-electron chi connectivity index (χ0n) is 11.1. The van der Waals surface area contributed by atoms with E-state index in [2.05, 4.69) is 25.9 Å². The number of aromatic nitrogens is 2. The molecule has 0 unspecified atom stereocenters. The number of rotatable bonds is 4. The number of aryl methyl sites for hydroxylation is 1. The normalized spacial score (nSPS) is 10.6. The highest BCUT2D eigenvalue weighted by molar-refractivity contribution is 9.10. The maximum atomic E-state index is 5.73. The summed E-state index contributed by atoms with van der Waals surface area (Å²) in [5.74, 6) is 1.99. The van der Waals surface area contributed by atoms with Crippen LogP contribution in [0.3, 0.4) is 0 Å². The van der Waals surface area contributed by atoms with E-state index in [1.807, 2.05) is 39.0 Å². The van der Waals surface area contributed by atoms with Crippen molar-refractivity contribution in [2.45, 2.75) is 26.9 Å². The molecule has 0 aliphatic carbocycles. The van der Waals surface area contributed by atoms with Gasteiger partial charge in [-0.3, -0.25) is 0 Å². The topological polar surface area (TPSA) is 44.2 Å². The molecule has 0 atom stereocenters. The smallest absolute Gasteiger partial charge is 0.223 e. The fraction of sp³-hybridized carbons (Fsp3) is 0.286. The fourth-order valence-corrected chi connectivity index (χ4v) is 1.81. The monoisotopic (exact) mass is 322 g/mol. The van der Waals surface area contributed by atoms with Crippen LogP contribution in [-0.2, 0) is 0 Å². The summed E-state index contributed by atoms with van der Waals surface area (Å²) >= 11 is 3.28. The van der Waals surface area contributed by atoms with Crippen LogP contribution in [0.15, 0.2) is 35.2 Å². The van der Waals surface area contributed by atoms with Crippen LogP contribution >= 0.6 is 15.9 Å². The Morgan fingerprint density at radius 1 is 1.16 bits per heavy atom. The van der Waals surface area contributed by atoms with E-state index < -0.39 is 0 Å². The van der Waals surface area contributed by atoms with Crippen LogP contribution in [0.2, 0.25) is 0 Å². The first-order valence-electron chi connectivity index (χ1n) is 5.97. The van der Waals surface area contributed by atoms with E-state index in [9.17, 15) is 0 Å². The van der Waals surface area contributed by atoms with Crippen molar-refractivity contribution in [3.05, 3.63) is 40.8 Å². The van der Waals surface area contributed by atoms with Crippen LogP contribution in [0.5, 0.6) is 17.4 Å². The molecule has 4 nitrogen and oxygen atoms in total. The summed E-state index contributed by atoms with van der Waals surface area (Å²) in [6.07, 6.45) is 1.57. The van der Waals surface area contributed by atoms with Crippen LogP contribution in [0.1, 0.15) is 19.4 Å². The summed E-state index contributed by atoms with van der Waals surface area (Å²) in [6.45, 7) is 5.99. The van der Waals surface area contributed by atoms with Crippen LogP contribution in [0, 0.1) is 6.92 Å². The fourth-order valence-electron chi connectivity index (χ4n) is 1.52. The lowest BCUT2D eigenvalue weighted by Gasteiger charge is -2.13. The molecule has 0 saturated heterocycles. The molecule has 0 bridgehead atoms. The van der Waals surface area contributed by atoms with Crippen molar-refractivity contribution < 1.29 is 9.47 Å². The molecule has 0 fully saturated rings. The average Bonchev–Trinajstić information content (AvgIpc) is 2.33. The van der Waals surface area contributed by atoms with Gasteiger partial charge in [0.1, 0.15) is 22.4 Å². The summed E-state index contributed by atoms with van der Waals surface area (Å²) in [7, 11) is 0.